The molecule has 0 unspecified atom stereocenters. The molecule has 0 aliphatic heterocycles. The van der Waals surface area contributed by atoms with Gasteiger partial charge in [0.05, 0.1) is 7.05 Å². The molecule has 1 heterocycles. The molecule has 0 aliphatic carbocycles. The molecule has 23 heavy (non-hydrogen) atoms. The SMILES string of the molecule is Cn1c([N+](=O)[O-])cnc1/C=C(/C#N)C(=O)Nc1ccc(F)cc1. The molecular weight excluding hydrogens is 305 g/mol. The number of nitro groups is 1. The van der Waals surface area contributed by atoms with Gasteiger partial charge in [-0.25, -0.2) is 13.9 Å². The Morgan fingerprint density at radius 1 is 1.48 bits per heavy atom. The maximum absolute atomic E-state index is 12.8. The predicted molar refractivity (Wildman–Crippen MR) is 78.5 cm³/mol. The summed E-state index contributed by atoms with van der Waals surface area (Å²) in [5.74, 6) is -1.38. The summed E-state index contributed by atoms with van der Waals surface area (Å²) in [6.45, 7) is 0. The fourth-order valence-electron chi connectivity index (χ4n) is 1.73. The van der Waals surface area contributed by atoms with E-state index in [1.807, 2.05) is 0 Å². The number of imidazole rings is 1. The minimum Gasteiger partial charge on any atom is -0.358 e. The molecule has 1 N–H and O–H groups in total. The van der Waals surface area contributed by atoms with E-state index in [2.05, 4.69) is 10.3 Å². The first kappa shape index (κ1) is 15.8. The normalized spacial score (nSPS) is 10.9. The summed E-state index contributed by atoms with van der Waals surface area (Å²) in [6.07, 6.45) is 2.16. The summed E-state index contributed by atoms with van der Waals surface area (Å²) in [7, 11) is 1.39. The summed E-state index contributed by atoms with van der Waals surface area (Å²) in [5, 5.41) is 22.2. The van der Waals surface area contributed by atoms with Crippen LogP contribution < -0.4 is 5.32 Å². The van der Waals surface area contributed by atoms with Crippen LogP contribution >= 0.6 is 0 Å². The minimum absolute atomic E-state index is 0.0857. The highest BCUT2D eigenvalue weighted by molar-refractivity contribution is 6.09. The second-order valence-electron chi connectivity index (χ2n) is 4.42. The summed E-state index contributed by atoms with van der Waals surface area (Å²) in [6, 6.07) is 6.70. The van der Waals surface area contributed by atoms with Crippen LogP contribution in [0.5, 0.6) is 0 Å². The average molecular weight is 315 g/mol. The maximum atomic E-state index is 12.8. The van der Waals surface area contributed by atoms with Crippen molar-refractivity contribution < 1.29 is 14.1 Å². The molecule has 0 atom stereocenters. The van der Waals surface area contributed by atoms with E-state index in [0.717, 1.165) is 29.0 Å². The third-order valence-corrected chi connectivity index (χ3v) is 2.93. The van der Waals surface area contributed by atoms with Gasteiger partial charge < -0.3 is 15.4 Å². The Labute approximate surface area is 129 Å². The molecule has 1 aromatic heterocycles. The van der Waals surface area contributed by atoms with Gasteiger partial charge in [0.25, 0.3) is 5.91 Å². The first-order chi connectivity index (χ1) is 10.9. The Morgan fingerprint density at radius 2 is 2.13 bits per heavy atom. The van der Waals surface area contributed by atoms with E-state index >= 15 is 0 Å². The number of nitriles is 1. The van der Waals surface area contributed by atoms with Crippen molar-refractivity contribution in [3.63, 3.8) is 0 Å². The predicted octanol–water partition coefficient (Wildman–Crippen LogP) is 2.01. The third-order valence-electron chi connectivity index (χ3n) is 2.93. The lowest BCUT2D eigenvalue weighted by atomic mass is 10.2. The first-order valence-electron chi connectivity index (χ1n) is 6.27. The van der Waals surface area contributed by atoms with Gasteiger partial charge >= 0.3 is 5.82 Å². The topological polar surface area (TPSA) is 114 Å². The number of aromatic nitrogens is 2. The average Bonchev–Trinajstić information content (AvgIpc) is 2.88. The number of anilines is 1. The van der Waals surface area contributed by atoms with Gasteiger partial charge in [0, 0.05) is 11.8 Å². The zero-order valence-corrected chi connectivity index (χ0v) is 11.9. The lowest BCUT2D eigenvalue weighted by molar-refractivity contribution is -0.391. The van der Waals surface area contributed by atoms with Crippen molar-refractivity contribution in [1.82, 2.24) is 9.55 Å². The number of rotatable bonds is 4. The van der Waals surface area contributed by atoms with E-state index in [9.17, 15) is 19.3 Å². The molecule has 0 aliphatic rings. The molecule has 0 spiro atoms. The Morgan fingerprint density at radius 3 is 2.65 bits per heavy atom. The Bertz CT molecular complexity index is 833. The van der Waals surface area contributed by atoms with Crippen molar-refractivity contribution in [3.05, 3.63) is 57.8 Å². The van der Waals surface area contributed by atoms with Gasteiger partial charge in [-0.15, -0.1) is 0 Å². The monoisotopic (exact) mass is 315 g/mol. The molecule has 2 aromatic rings. The smallest absolute Gasteiger partial charge is 0.342 e. The Kier molecular flexibility index (Phi) is 4.47. The molecule has 0 saturated carbocycles. The van der Waals surface area contributed by atoms with Gasteiger partial charge in [-0.2, -0.15) is 5.26 Å². The number of amides is 1. The zero-order chi connectivity index (χ0) is 17.0. The second kappa shape index (κ2) is 6.48. The van der Waals surface area contributed by atoms with Gasteiger partial charge in [-0.1, -0.05) is 0 Å². The fraction of sp³-hybridized carbons (Fsp3) is 0.0714. The third kappa shape index (κ3) is 3.56. The highest BCUT2D eigenvalue weighted by Gasteiger charge is 2.17. The number of hydrogen-bond acceptors (Lipinski definition) is 5. The van der Waals surface area contributed by atoms with Crippen LogP contribution in [0.3, 0.4) is 0 Å². The molecule has 0 bridgehead atoms. The van der Waals surface area contributed by atoms with Crippen molar-refractivity contribution in [2.75, 3.05) is 5.32 Å². The summed E-state index contributed by atoms with van der Waals surface area (Å²) in [4.78, 5) is 25.9. The van der Waals surface area contributed by atoms with Crippen molar-refractivity contribution >= 4 is 23.5 Å². The number of nitrogens with zero attached hydrogens (tertiary/aromatic N) is 4. The van der Waals surface area contributed by atoms with Crippen LogP contribution in [0.2, 0.25) is 0 Å². The highest BCUT2D eigenvalue weighted by Crippen LogP contribution is 2.15. The first-order valence-corrected chi connectivity index (χ1v) is 6.27. The summed E-state index contributed by atoms with van der Waals surface area (Å²) in [5.41, 5.74) is 0.0151. The molecule has 8 nitrogen and oxygen atoms in total. The number of benzene rings is 1. The minimum atomic E-state index is -0.732. The van der Waals surface area contributed by atoms with Gasteiger partial charge in [0.1, 0.15) is 23.7 Å². The fourth-order valence-corrected chi connectivity index (χ4v) is 1.73. The van der Waals surface area contributed by atoms with Crippen molar-refractivity contribution in [2.24, 2.45) is 7.05 Å². The number of halogens is 1. The van der Waals surface area contributed by atoms with Crippen LogP contribution in [0, 0.1) is 27.3 Å². The van der Waals surface area contributed by atoms with E-state index < -0.39 is 16.6 Å². The van der Waals surface area contributed by atoms with E-state index in [1.54, 1.807) is 6.07 Å². The van der Waals surface area contributed by atoms with E-state index in [1.165, 1.54) is 19.2 Å². The molecular formula is C14H10FN5O3. The van der Waals surface area contributed by atoms with Gasteiger partial charge in [-0.3, -0.25) is 4.79 Å². The molecule has 9 heteroatoms. The number of carbonyl (C=O) groups is 1. The van der Waals surface area contributed by atoms with Crippen LogP contribution in [-0.4, -0.2) is 20.4 Å². The van der Waals surface area contributed by atoms with Crippen molar-refractivity contribution in [3.8, 4) is 6.07 Å². The highest BCUT2D eigenvalue weighted by atomic mass is 19.1. The Balaban J connectivity index is 2.25. The van der Waals surface area contributed by atoms with E-state index in [4.69, 9.17) is 5.26 Å². The van der Waals surface area contributed by atoms with E-state index in [-0.39, 0.29) is 17.2 Å². The van der Waals surface area contributed by atoms with Crippen LogP contribution in [0.4, 0.5) is 15.9 Å². The molecule has 0 radical (unpaired) electrons. The van der Waals surface area contributed by atoms with Crippen LogP contribution in [0.25, 0.3) is 6.08 Å². The van der Waals surface area contributed by atoms with Crippen LogP contribution in [0.15, 0.2) is 36.0 Å². The van der Waals surface area contributed by atoms with E-state index in [0.29, 0.717) is 5.69 Å². The zero-order valence-electron chi connectivity index (χ0n) is 11.9. The maximum Gasteiger partial charge on any atom is 0.342 e. The number of hydrogen-bond donors (Lipinski definition) is 1. The quantitative estimate of drug-likeness (QED) is 0.401. The molecule has 116 valence electrons. The number of nitrogens with one attached hydrogen (secondary N) is 1. The van der Waals surface area contributed by atoms with Crippen LogP contribution in [-0.2, 0) is 11.8 Å². The largest absolute Gasteiger partial charge is 0.358 e. The second-order valence-corrected chi connectivity index (χ2v) is 4.42. The number of carbonyl (C=O) groups excluding carboxylic acids is 1. The van der Waals surface area contributed by atoms with Gasteiger partial charge in [0.15, 0.2) is 0 Å². The molecule has 0 saturated heterocycles. The summed E-state index contributed by atoms with van der Waals surface area (Å²) >= 11 is 0. The summed E-state index contributed by atoms with van der Waals surface area (Å²) < 4.78 is 13.9. The molecule has 2 rings (SSSR count). The standard InChI is InChI=1S/C14H10FN5O3/c1-19-12(17-8-13(19)20(22)23)6-9(7-16)14(21)18-11-4-2-10(15)3-5-11/h2-6,8H,1H3,(H,18,21)/b9-6-. The van der Waals surface area contributed by atoms with Crippen molar-refractivity contribution in [2.45, 2.75) is 0 Å². The van der Waals surface area contributed by atoms with Gasteiger partial charge in [0.2, 0.25) is 5.82 Å². The van der Waals surface area contributed by atoms with Crippen molar-refractivity contribution in [1.29, 1.82) is 5.26 Å². The lowest BCUT2D eigenvalue weighted by Crippen LogP contribution is -2.13. The Hall–Kier alpha value is -3.54. The molecule has 1 amide bonds. The van der Waals surface area contributed by atoms with Gasteiger partial charge in [-0.05, 0) is 29.2 Å². The lowest BCUT2D eigenvalue weighted by Gasteiger charge is -2.03. The van der Waals surface area contributed by atoms with Crippen LogP contribution in [0.1, 0.15) is 5.82 Å². The molecule has 1 aromatic carbocycles. The molecule has 0 fully saturated rings.